The van der Waals surface area contributed by atoms with E-state index in [0.717, 1.165) is 16.8 Å². The van der Waals surface area contributed by atoms with Crippen molar-refractivity contribution in [2.75, 3.05) is 0 Å². The van der Waals surface area contributed by atoms with Crippen LogP contribution in [-0.2, 0) is 6.54 Å². The van der Waals surface area contributed by atoms with Crippen molar-refractivity contribution in [3.05, 3.63) is 82.5 Å². The Hall–Kier alpha value is -2.85. The lowest BCUT2D eigenvalue weighted by atomic mass is 10.1. The Morgan fingerprint density at radius 1 is 1.04 bits per heavy atom. The van der Waals surface area contributed by atoms with Gasteiger partial charge in [-0.2, -0.15) is 0 Å². The van der Waals surface area contributed by atoms with Gasteiger partial charge in [-0.05, 0) is 36.8 Å². The molecule has 0 amide bonds. The van der Waals surface area contributed by atoms with Crippen molar-refractivity contribution in [3.8, 4) is 16.8 Å². The fraction of sp³-hybridized carbons (Fsp3) is 0.100. The van der Waals surface area contributed by atoms with Crippen molar-refractivity contribution in [3.63, 3.8) is 0 Å². The second kappa shape index (κ2) is 6.22. The standard InChI is InChI=1S/C20H16ClN3O/c1-2-23-13-22-19-18(20(23)25)17(14-8-10-15(21)11-9-14)12-24(19)16-6-4-3-5-7-16/h3-13H,2H2,1H3. The molecule has 0 fully saturated rings. The van der Waals surface area contributed by atoms with E-state index >= 15 is 0 Å². The number of hydrogen-bond donors (Lipinski definition) is 0. The Morgan fingerprint density at radius 3 is 2.44 bits per heavy atom. The van der Waals surface area contributed by atoms with E-state index in [4.69, 9.17) is 11.6 Å². The van der Waals surface area contributed by atoms with Crippen LogP contribution in [0.2, 0.25) is 5.02 Å². The summed E-state index contributed by atoms with van der Waals surface area (Å²) in [4.78, 5) is 17.5. The maximum Gasteiger partial charge on any atom is 0.263 e. The van der Waals surface area contributed by atoms with E-state index in [-0.39, 0.29) is 5.56 Å². The fourth-order valence-corrected chi connectivity index (χ4v) is 3.14. The summed E-state index contributed by atoms with van der Waals surface area (Å²) in [6.45, 7) is 2.52. The zero-order valence-corrected chi connectivity index (χ0v) is 14.4. The van der Waals surface area contributed by atoms with Gasteiger partial charge in [0.2, 0.25) is 0 Å². The summed E-state index contributed by atoms with van der Waals surface area (Å²) in [5, 5.41) is 1.29. The lowest BCUT2D eigenvalue weighted by Gasteiger charge is -2.05. The normalized spacial score (nSPS) is 11.1. The first kappa shape index (κ1) is 15.7. The van der Waals surface area contributed by atoms with Crippen LogP contribution in [0.3, 0.4) is 0 Å². The topological polar surface area (TPSA) is 39.8 Å². The van der Waals surface area contributed by atoms with E-state index in [1.165, 1.54) is 0 Å². The van der Waals surface area contributed by atoms with Crippen LogP contribution in [0.4, 0.5) is 0 Å². The molecule has 25 heavy (non-hydrogen) atoms. The molecule has 0 aliphatic rings. The highest BCUT2D eigenvalue weighted by Gasteiger charge is 2.17. The van der Waals surface area contributed by atoms with Crippen molar-refractivity contribution >= 4 is 22.6 Å². The van der Waals surface area contributed by atoms with Crippen LogP contribution < -0.4 is 5.56 Å². The van der Waals surface area contributed by atoms with Gasteiger partial charge in [0.1, 0.15) is 0 Å². The molecular weight excluding hydrogens is 334 g/mol. The Labute approximate surface area is 149 Å². The number of rotatable bonds is 3. The monoisotopic (exact) mass is 349 g/mol. The summed E-state index contributed by atoms with van der Waals surface area (Å²) in [6, 6.07) is 17.4. The molecule has 4 nitrogen and oxygen atoms in total. The molecule has 0 radical (unpaired) electrons. The number of benzene rings is 2. The summed E-state index contributed by atoms with van der Waals surface area (Å²) in [5.74, 6) is 0. The SMILES string of the molecule is CCn1cnc2c(c(-c3ccc(Cl)cc3)cn2-c2ccccc2)c1=O. The smallest absolute Gasteiger partial charge is 0.263 e. The summed E-state index contributed by atoms with van der Waals surface area (Å²) in [7, 11) is 0. The van der Waals surface area contributed by atoms with Crippen LogP contribution in [0.1, 0.15) is 6.92 Å². The highest BCUT2D eigenvalue weighted by atomic mass is 35.5. The molecule has 0 unspecified atom stereocenters. The molecule has 2 heterocycles. The predicted octanol–water partition coefficient (Wildman–Crippen LogP) is 4.53. The molecule has 2 aromatic heterocycles. The summed E-state index contributed by atoms with van der Waals surface area (Å²) >= 11 is 6.01. The Bertz CT molecular complexity index is 1100. The Kier molecular flexibility index (Phi) is 3.90. The molecule has 0 aliphatic heterocycles. The number of aryl methyl sites for hydroxylation is 1. The molecule has 5 heteroatoms. The quantitative estimate of drug-likeness (QED) is 0.545. The summed E-state index contributed by atoms with van der Waals surface area (Å²) < 4.78 is 3.58. The molecule has 0 atom stereocenters. The maximum atomic E-state index is 12.9. The molecule has 4 aromatic rings. The van der Waals surface area contributed by atoms with Gasteiger partial charge in [-0.3, -0.25) is 9.36 Å². The number of aromatic nitrogens is 3. The van der Waals surface area contributed by atoms with Crippen LogP contribution in [0.5, 0.6) is 0 Å². The van der Waals surface area contributed by atoms with Gasteiger partial charge in [0.25, 0.3) is 5.56 Å². The fourth-order valence-electron chi connectivity index (χ4n) is 3.01. The predicted molar refractivity (Wildman–Crippen MR) is 101 cm³/mol. The average Bonchev–Trinajstić information content (AvgIpc) is 3.04. The van der Waals surface area contributed by atoms with Gasteiger partial charge in [0.15, 0.2) is 5.65 Å². The first-order valence-corrected chi connectivity index (χ1v) is 8.48. The number of para-hydroxylation sites is 1. The third-order valence-corrected chi connectivity index (χ3v) is 4.56. The molecule has 0 saturated carbocycles. The number of fused-ring (bicyclic) bond motifs is 1. The maximum absolute atomic E-state index is 12.9. The number of nitrogens with zero attached hydrogens (tertiary/aromatic N) is 3. The highest BCUT2D eigenvalue weighted by molar-refractivity contribution is 6.30. The van der Waals surface area contributed by atoms with Crippen LogP contribution >= 0.6 is 11.6 Å². The van der Waals surface area contributed by atoms with Crippen molar-refractivity contribution in [2.24, 2.45) is 0 Å². The first-order valence-electron chi connectivity index (χ1n) is 8.11. The number of hydrogen-bond acceptors (Lipinski definition) is 2. The van der Waals surface area contributed by atoms with Crippen molar-refractivity contribution in [2.45, 2.75) is 13.5 Å². The van der Waals surface area contributed by atoms with E-state index in [2.05, 4.69) is 4.98 Å². The number of halogens is 1. The Balaban J connectivity index is 2.08. The minimum absolute atomic E-state index is 0.0351. The van der Waals surface area contributed by atoms with Gasteiger partial charge in [0, 0.05) is 29.0 Å². The second-order valence-electron chi connectivity index (χ2n) is 5.79. The molecule has 0 saturated heterocycles. The van der Waals surface area contributed by atoms with Gasteiger partial charge in [0.05, 0.1) is 11.7 Å². The minimum Gasteiger partial charge on any atom is -0.300 e. The molecule has 0 spiro atoms. The summed E-state index contributed by atoms with van der Waals surface area (Å²) in [5.41, 5.74) is 3.39. The van der Waals surface area contributed by atoms with Crippen LogP contribution in [0.25, 0.3) is 27.8 Å². The molecule has 124 valence electrons. The largest absolute Gasteiger partial charge is 0.300 e. The van der Waals surface area contributed by atoms with E-state index < -0.39 is 0 Å². The van der Waals surface area contributed by atoms with E-state index in [0.29, 0.717) is 22.6 Å². The van der Waals surface area contributed by atoms with Gasteiger partial charge >= 0.3 is 0 Å². The van der Waals surface area contributed by atoms with Gasteiger partial charge in [-0.15, -0.1) is 0 Å². The third-order valence-electron chi connectivity index (χ3n) is 4.30. The van der Waals surface area contributed by atoms with E-state index in [1.54, 1.807) is 10.9 Å². The van der Waals surface area contributed by atoms with E-state index in [9.17, 15) is 4.79 Å². The minimum atomic E-state index is -0.0351. The third kappa shape index (κ3) is 2.65. The van der Waals surface area contributed by atoms with Crippen LogP contribution in [-0.4, -0.2) is 14.1 Å². The van der Waals surface area contributed by atoms with Gasteiger partial charge < -0.3 is 4.57 Å². The summed E-state index contributed by atoms with van der Waals surface area (Å²) in [6.07, 6.45) is 3.58. The lowest BCUT2D eigenvalue weighted by Crippen LogP contribution is -2.19. The molecule has 0 N–H and O–H groups in total. The molecule has 0 aliphatic carbocycles. The van der Waals surface area contributed by atoms with Crippen LogP contribution in [0.15, 0.2) is 71.9 Å². The average molecular weight is 350 g/mol. The van der Waals surface area contributed by atoms with Crippen LogP contribution in [0, 0.1) is 0 Å². The molecular formula is C20H16ClN3O. The van der Waals surface area contributed by atoms with Gasteiger partial charge in [-0.1, -0.05) is 41.9 Å². The van der Waals surface area contributed by atoms with Crippen molar-refractivity contribution < 1.29 is 0 Å². The zero-order chi connectivity index (χ0) is 17.4. The molecule has 4 rings (SSSR count). The zero-order valence-electron chi connectivity index (χ0n) is 13.7. The Morgan fingerprint density at radius 2 is 1.76 bits per heavy atom. The van der Waals surface area contributed by atoms with Crippen molar-refractivity contribution in [1.82, 2.24) is 14.1 Å². The molecule has 2 aromatic carbocycles. The molecule has 0 bridgehead atoms. The van der Waals surface area contributed by atoms with E-state index in [1.807, 2.05) is 72.3 Å². The van der Waals surface area contributed by atoms with Crippen molar-refractivity contribution in [1.29, 1.82) is 0 Å². The van der Waals surface area contributed by atoms with Gasteiger partial charge in [-0.25, -0.2) is 4.98 Å². The second-order valence-corrected chi connectivity index (χ2v) is 6.23. The first-order chi connectivity index (χ1) is 12.2. The lowest BCUT2D eigenvalue weighted by molar-refractivity contribution is 0.716. The highest BCUT2D eigenvalue weighted by Crippen LogP contribution is 2.30.